The fourth-order valence-electron chi connectivity index (χ4n) is 2.74. The van der Waals surface area contributed by atoms with Gasteiger partial charge in [0.2, 0.25) is 0 Å². The minimum Gasteiger partial charge on any atom is -0.458 e. The normalized spacial score (nSPS) is 17.0. The Morgan fingerprint density at radius 1 is 1.38 bits per heavy atom. The molecule has 1 aromatic heterocycles. The Kier molecular flexibility index (Phi) is 5.27. The molecule has 26 heavy (non-hydrogen) atoms. The summed E-state index contributed by atoms with van der Waals surface area (Å²) in [4.78, 5) is 32.2. The third-order valence-corrected chi connectivity index (χ3v) is 4.15. The molecular weight excluding hydrogens is 367 g/mol. The molecule has 1 fully saturated rings. The van der Waals surface area contributed by atoms with E-state index in [4.69, 9.17) is 16.3 Å². The first-order valence-corrected chi connectivity index (χ1v) is 8.19. The van der Waals surface area contributed by atoms with Crippen molar-refractivity contribution in [3.05, 3.63) is 57.1 Å². The Morgan fingerprint density at radius 3 is 2.81 bits per heavy atom. The van der Waals surface area contributed by atoms with Gasteiger partial charge >= 0.3 is 6.01 Å². The Bertz CT molecular complexity index is 833. The van der Waals surface area contributed by atoms with Crippen LogP contribution in [0.4, 0.5) is 10.1 Å². The van der Waals surface area contributed by atoms with Gasteiger partial charge in [-0.1, -0.05) is 11.6 Å². The third-order valence-electron chi connectivity index (χ3n) is 3.92. The highest BCUT2D eigenvalue weighted by molar-refractivity contribution is 6.31. The van der Waals surface area contributed by atoms with Crippen LogP contribution >= 0.6 is 11.6 Å². The third kappa shape index (κ3) is 4.05. The van der Waals surface area contributed by atoms with Crippen molar-refractivity contribution >= 4 is 23.2 Å². The molecule has 2 aromatic rings. The molecule has 1 atom stereocenters. The number of nitro benzene ring substituents is 1. The van der Waals surface area contributed by atoms with Crippen LogP contribution in [0.15, 0.2) is 30.6 Å². The van der Waals surface area contributed by atoms with Crippen LogP contribution in [-0.4, -0.2) is 44.9 Å². The number of nitro groups is 1. The maximum Gasteiger partial charge on any atom is 0.316 e. The predicted molar refractivity (Wildman–Crippen MR) is 89.6 cm³/mol. The van der Waals surface area contributed by atoms with Gasteiger partial charge in [0, 0.05) is 17.6 Å². The van der Waals surface area contributed by atoms with Crippen molar-refractivity contribution in [3.8, 4) is 6.01 Å². The molecule has 136 valence electrons. The number of benzene rings is 1. The summed E-state index contributed by atoms with van der Waals surface area (Å²) < 4.78 is 18.4. The van der Waals surface area contributed by atoms with Crippen molar-refractivity contribution in [2.75, 3.05) is 13.1 Å². The Labute approximate surface area is 152 Å². The van der Waals surface area contributed by atoms with E-state index in [1.54, 1.807) is 0 Å². The first kappa shape index (κ1) is 18.0. The van der Waals surface area contributed by atoms with Crippen molar-refractivity contribution in [1.82, 2.24) is 14.9 Å². The summed E-state index contributed by atoms with van der Waals surface area (Å²) in [5.41, 5.74) is -0.370. The van der Waals surface area contributed by atoms with Gasteiger partial charge in [-0.15, -0.1) is 0 Å². The van der Waals surface area contributed by atoms with Crippen LogP contribution in [-0.2, 0) is 0 Å². The minimum absolute atomic E-state index is 0.0134. The van der Waals surface area contributed by atoms with Crippen LogP contribution in [0.3, 0.4) is 0 Å². The van der Waals surface area contributed by atoms with E-state index in [9.17, 15) is 19.3 Å². The van der Waals surface area contributed by atoms with Gasteiger partial charge < -0.3 is 9.64 Å². The smallest absolute Gasteiger partial charge is 0.316 e. The van der Waals surface area contributed by atoms with Crippen molar-refractivity contribution in [2.45, 2.75) is 18.9 Å². The molecule has 2 heterocycles. The van der Waals surface area contributed by atoms with E-state index in [2.05, 4.69) is 9.97 Å². The maximum atomic E-state index is 12.9. The second-order valence-corrected chi connectivity index (χ2v) is 6.17. The van der Waals surface area contributed by atoms with Crippen LogP contribution in [0, 0.1) is 15.9 Å². The molecule has 0 spiro atoms. The van der Waals surface area contributed by atoms with Crippen LogP contribution in [0.2, 0.25) is 5.02 Å². The number of nitrogens with zero attached hydrogens (tertiary/aromatic N) is 4. The number of hydrogen-bond donors (Lipinski definition) is 0. The van der Waals surface area contributed by atoms with Gasteiger partial charge in [0.05, 0.1) is 23.9 Å². The molecule has 0 N–H and O–H groups in total. The number of hydrogen-bond acceptors (Lipinski definition) is 6. The van der Waals surface area contributed by atoms with Crippen molar-refractivity contribution in [2.24, 2.45) is 0 Å². The molecule has 1 aromatic carbocycles. The number of carbonyl (C=O) groups is 1. The molecule has 0 radical (unpaired) electrons. The number of rotatable bonds is 4. The maximum absolute atomic E-state index is 12.9. The molecule has 1 aliphatic heterocycles. The van der Waals surface area contributed by atoms with Crippen LogP contribution in [0.5, 0.6) is 6.01 Å². The zero-order valence-corrected chi connectivity index (χ0v) is 14.2. The Morgan fingerprint density at radius 2 is 2.12 bits per heavy atom. The van der Waals surface area contributed by atoms with Crippen molar-refractivity contribution in [1.29, 1.82) is 0 Å². The fourth-order valence-corrected chi connectivity index (χ4v) is 2.91. The number of amides is 1. The van der Waals surface area contributed by atoms with Gasteiger partial charge in [-0.2, -0.15) is 0 Å². The molecule has 3 rings (SSSR count). The van der Waals surface area contributed by atoms with Gasteiger partial charge in [-0.3, -0.25) is 14.9 Å². The summed E-state index contributed by atoms with van der Waals surface area (Å²) in [6.45, 7) is 0.649. The molecule has 1 aliphatic rings. The molecule has 1 amide bonds. The fraction of sp³-hybridized carbons (Fsp3) is 0.312. The average molecular weight is 381 g/mol. The van der Waals surface area contributed by atoms with Gasteiger partial charge in [0.25, 0.3) is 11.6 Å². The largest absolute Gasteiger partial charge is 0.458 e. The van der Waals surface area contributed by atoms with Gasteiger partial charge in [-0.05, 0) is 25.0 Å². The van der Waals surface area contributed by atoms with Gasteiger partial charge in [0.1, 0.15) is 11.7 Å². The lowest BCUT2D eigenvalue weighted by molar-refractivity contribution is -0.385. The number of aromatic nitrogens is 2. The van der Waals surface area contributed by atoms with Crippen LogP contribution < -0.4 is 4.74 Å². The van der Waals surface area contributed by atoms with E-state index in [1.165, 1.54) is 23.1 Å². The molecule has 0 saturated carbocycles. The molecular formula is C16H14ClFN4O4. The topological polar surface area (TPSA) is 98.5 Å². The number of ether oxygens (including phenoxy) is 1. The quantitative estimate of drug-likeness (QED) is 0.597. The summed E-state index contributed by atoms with van der Waals surface area (Å²) in [6, 6.07) is 3.87. The Balaban J connectivity index is 1.75. The lowest BCUT2D eigenvalue weighted by Gasteiger charge is -2.32. The number of halogens is 2. The highest BCUT2D eigenvalue weighted by Gasteiger charge is 2.30. The minimum atomic E-state index is -0.617. The van der Waals surface area contributed by atoms with E-state index < -0.39 is 22.8 Å². The first-order chi connectivity index (χ1) is 12.4. The van der Waals surface area contributed by atoms with E-state index in [0.29, 0.717) is 19.4 Å². The SMILES string of the molecule is O=C(c1cc(Cl)ccc1[N+](=O)[O-])N1CCCC(Oc2ncc(F)cn2)C1. The van der Waals surface area contributed by atoms with Crippen LogP contribution in [0.25, 0.3) is 0 Å². The summed E-state index contributed by atoms with van der Waals surface area (Å²) in [5.74, 6) is -1.07. The number of likely N-dealkylation sites (tertiary alicyclic amines) is 1. The highest BCUT2D eigenvalue weighted by Crippen LogP contribution is 2.26. The van der Waals surface area contributed by atoms with E-state index in [0.717, 1.165) is 12.4 Å². The molecule has 0 aliphatic carbocycles. The summed E-state index contributed by atoms with van der Waals surface area (Å²) in [5, 5.41) is 11.4. The molecule has 10 heteroatoms. The Hall–Kier alpha value is -2.81. The molecule has 0 bridgehead atoms. The predicted octanol–water partition coefficient (Wildman–Crippen LogP) is 2.86. The van der Waals surface area contributed by atoms with Gasteiger partial charge in [-0.25, -0.2) is 14.4 Å². The standard InChI is InChI=1S/C16H14ClFN4O4/c17-10-3-4-14(22(24)25)13(6-10)15(23)21-5-1-2-12(9-21)26-16-19-7-11(18)8-20-16/h3-4,6-8,12H,1-2,5,9H2. The lowest BCUT2D eigenvalue weighted by atomic mass is 10.1. The molecule has 8 nitrogen and oxygen atoms in total. The zero-order valence-electron chi connectivity index (χ0n) is 13.5. The number of piperidine rings is 1. The molecule has 1 saturated heterocycles. The first-order valence-electron chi connectivity index (χ1n) is 7.81. The van der Waals surface area contributed by atoms with Crippen molar-refractivity contribution < 1.29 is 18.8 Å². The average Bonchev–Trinajstić information content (AvgIpc) is 2.63. The van der Waals surface area contributed by atoms with E-state index >= 15 is 0 Å². The second kappa shape index (κ2) is 7.61. The zero-order chi connectivity index (χ0) is 18.7. The van der Waals surface area contributed by atoms with Gasteiger partial charge in [0.15, 0.2) is 5.82 Å². The molecule has 1 unspecified atom stereocenters. The van der Waals surface area contributed by atoms with E-state index in [-0.39, 0.29) is 28.8 Å². The lowest BCUT2D eigenvalue weighted by Crippen LogP contribution is -2.44. The second-order valence-electron chi connectivity index (χ2n) is 5.74. The monoisotopic (exact) mass is 380 g/mol. The van der Waals surface area contributed by atoms with E-state index in [1.807, 2.05) is 0 Å². The van der Waals surface area contributed by atoms with Crippen molar-refractivity contribution in [3.63, 3.8) is 0 Å². The summed E-state index contributed by atoms with van der Waals surface area (Å²) in [7, 11) is 0. The summed E-state index contributed by atoms with van der Waals surface area (Å²) in [6.07, 6.45) is 2.89. The summed E-state index contributed by atoms with van der Waals surface area (Å²) >= 11 is 5.89. The van der Waals surface area contributed by atoms with Crippen LogP contribution in [0.1, 0.15) is 23.2 Å². The number of carbonyl (C=O) groups excluding carboxylic acids is 1. The highest BCUT2D eigenvalue weighted by atomic mass is 35.5.